The van der Waals surface area contributed by atoms with Crippen molar-refractivity contribution in [1.29, 1.82) is 0 Å². The van der Waals surface area contributed by atoms with Crippen molar-refractivity contribution < 1.29 is 50.9 Å². The summed E-state index contributed by atoms with van der Waals surface area (Å²) < 4.78 is 89.7. The van der Waals surface area contributed by atoms with Gasteiger partial charge in [0.2, 0.25) is 17.7 Å². The maximum atomic E-state index is 15.8. The molecule has 2 aromatic carbocycles. The van der Waals surface area contributed by atoms with Crippen molar-refractivity contribution in [1.82, 2.24) is 55.9 Å². The lowest BCUT2D eigenvalue weighted by molar-refractivity contribution is -0.145. The maximum absolute atomic E-state index is 15.8. The summed E-state index contributed by atoms with van der Waals surface area (Å²) in [7, 11) is 0. The minimum absolute atomic E-state index is 0.0226. The summed E-state index contributed by atoms with van der Waals surface area (Å²) in [6.07, 6.45) is 2.41. The molecule has 4 saturated heterocycles. The van der Waals surface area contributed by atoms with Crippen LogP contribution < -0.4 is 25.6 Å². The Labute approximate surface area is 507 Å². The number of aryl methyl sites for hydroxylation is 2. The van der Waals surface area contributed by atoms with Crippen LogP contribution in [0.3, 0.4) is 0 Å². The highest BCUT2D eigenvalue weighted by molar-refractivity contribution is 7.26. The van der Waals surface area contributed by atoms with E-state index >= 15 is 8.78 Å². The molecule has 4 aliphatic heterocycles. The van der Waals surface area contributed by atoms with Crippen LogP contribution in [-0.2, 0) is 31.8 Å². The van der Waals surface area contributed by atoms with Crippen molar-refractivity contribution in [2.75, 3.05) is 57.4 Å². The van der Waals surface area contributed by atoms with Gasteiger partial charge < -0.3 is 45.2 Å². The van der Waals surface area contributed by atoms with Gasteiger partial charge in [-0.1, -0.05) is 45.0 Å². The Balaban J connectivity index is 0.639. The van der Waals surface area contributed by atoms with Crippen LogP contribution in [0.25, 0.3) is 52.9 Å². The molecular weight excluding hydrogens is 1170 g/mol. The number of halogens is 5. The Hall–Kier alpha value is -6.51. The first-order valence-corrected chi connectivity index (χ1v) is 31.7. The third kappa shape index (κ3) is 11.5. The highest BCUT2D eigenvalue weighted by atomic mass is 32.1. The van der Waals surface area contributed by atoms with Gasteiger partial charge in [-0.25, -0.2) is 13.8 Å². The van der Waals surface area contributed by atoms with Crippen molar-refractivity contribution in [2.45, 2.75) is 147 Å². The number of aliphatic hydroxyl groups excluding tert-OH is 1. The van der Waals surface area contributed by atoms with Crippen LogP contribution in [0.2, 0.25) is 0 Å². The van der Waals surface area contributed by atoms with Gasteiger partial charge in [-0.05, 0) is 105 Å². The predicted octanol–water partition coefficient (Wildman–Crippen LogP) is 9.35. The molecule has 3 amide bonds. The number of nitrogens with one attached hydrogen (secondary N) is 4. The molecule has 6 atom stereocenters. The molecule has 6 fully saturated rings. The zero-order chi connectivity index (χ0) is 61.0. The van der Waals surface area contributed by atoms with Crippen LogP contribution in [0.1, 0.15) is 101 Å². The standard InChI is InChI=1S/C62H71F5N12O6S2/c1-33-20-43-42(23-71-76-43)46(48(33)62(65,66)67)49-51-41(14-18-68-49)47-53(78-24-37-10-11-38(25-78)72-37)74-57(75-55(47)87-51)85-31-60(28-61(60,63)64)30-77-19-17-59(29-77)15-12-40(13-16-59)84-27-45(81)73-52(58(3,4)5)56(83)79-26-39(80)21-44(79)54(82)69-22-35-6-8-36(9-7-35)50-34(2)70-32-86-50/h6-9,14,18,20,23,32,37-40,44,52,72,80H,10-13,15-17,19,21-22,24-31H2,1-5H3,(H,69,82)(H,71,76)(H,73,81)/t37?,38?,39-,40?,44+,52-,59?,60+/m0/s1. The molecule has 0 radical (unpaired) electrons. The van der Waals surface area contributed by atoms with E-state index in [1.54, 1.807) is 22.9 Å². The summed E-state index contributed by atoms with van der Waals surface area (Å²) >= 11 is 2.74. The predicted molar refractivity (Wildman–Crippen MR) is 321 cm³/mol. The van der Waals surface area contributed by atoms with Crippen LogP contribution in [0.5, 0.6) is 6.01 Å². The van der Waals surface area contributed by atoms with Crippen molar-refractivity contribution in [2.24, 2.45) is 16.2 Å². The first kappa shape index (κ1) is 59.5. The van der Waals surface area contributed by atoms with E-state index in [0.29, 0.717) is 70.7 Å². The van der Waals surface area contributed by atoms with Crippen LogP contribution in [0.15, 0.2) is 54.3 Å². The number of aromatic nitrogens is 6. The van der Waals surface area contributed by atoms with E-state index in [1.807, 2.05) is 52.0 Å². The fraction of sp³-hybridized carbons (Fsp3) is 0.548. The number of likely N-dealkylation sites (tertiary alicyclic amines) is 2. The van der Waals surface area contributed by atoms with Crippen LogP contribution in [-0.4, -0.2) is 158 Å². The summed E-state index contributed by atoms with van der Waals surface area (Å²) in [6, 6.07) is 9.42. The number of alkyl halides is 5. The van der Waals surface area contributed by atoms with Gasteiger partial charge in [-0.2, -0.15) is 28.2 Å². The second-order valence-electron chi connectivity index (χ2n) is 26.3. The topological polar surface area (TPSA) is 216 Å². The minimum atomic E-state index is -4.70. The number of carbonyl (C=O) groups excluding carboxylic acids is 3. The van der Waals surface area contributed by atoms with E-state index in [2.05, 4.69) is 45.9 Å². The molecule has 1 spiro atoms. The molecule has 2 aliphatic carbocycles. The summed E-state index contributed by atoms with van der Waals surface area (Å²) in [4.78, 5) is 67.4. The Kier molecular flexibility index (Phi) is 15.4. The van der Waals surface area contributed by atoms with Gasteiger partial charge in [0.05, 0.1) is 66.8 Å². The number of amides is 3. The Morgan fingerprint density at radius 2 is 1.70 bits per heavy atom. The van der Waals surface area contributed by atoms with Crippen LogP contribution in [0.4, 0.5) is 27.8 Å². The number of thiazole rings is 1. The number of pyridine rings is 1. The number of piperazine rings is 1. The molecule has 6 aliphatic rings. The van der Waals surface area contributed by atoms with Gasteiger partial charge >= 0.3 is 12.2 Å². The number of thiophene rings is 1. The van der Waals surface area contributed by atoms with Gasteiger partial charge in [0.1, 0.15) is 35.9 Å². The molecule has 25 heteroatoms. The number of β-amino-alcohol motifs (C(OH)–C–C–N with tert-alkyl or cyclic N) is 1. The highest BCUT2D eigenvalue weighted by Crippen LogP contribution is 2.62. The van der Waals surface area contributed by atoms with E-state index in [-0.39, 0.29) is 97.5 Å². The average molecular weight is 1240 g/mol. The lowest BCUT2D eigenvalue weighted by Crippen LogP contribution is -2.58. The van der Waals surface area contributed by atoms with E-state index in [9.17, 15) is 32.7 Å². The number of aliphatic hydroxyl groups is 1. The van der Waals surface area contributed by atoms with E-state index < -0.39 is 64.4 Å². The van der Waals surface area contributed by atoms with Crippen molar-refractivity contribution in [3.63, 3.8) is 0 Å². The number of anilines is 1. The monoisotopic (exact) mass is 1240 g/mol. The SMILES string of the molecule is Cc1cc2[nH]ncc2c(-c2nccc3c2sc2nc(OC[C@]4(CN5CCC6(CCC(OCC(=O)N[C@@H](C(=O)N7C[C@@H](O)C[C@@H]7C(=O)NCc7ccc(-c8scnc8C)cc7)C(C)(C)C)CC6)C5)CC4(F)F)nc(N4CC5CCC(C4)N5)c23)c1C(F)(F)F. The van der Waals surface area contributed by atoms with Crippen molar-refractivity contribution >= 4 is 77.4 Å². The Bertz CT molecular complexity index is 3770. The normalized spacial score (nSPS) is 25.9. The molecule has 18 nitrogen and oxygen atoms in total. The highest BCUT2D eigenvalue weighted by Gasteiger charge is 2.72. The smallest absolute Gasteiger partial charge is 0.417 e. The molecule has 462 valence electrons. The molecular formula is C62H71F5N12O6S2. The number of carbonyl (C=O) groups is 3. The molecule has 7 aromatic rings. The zero-order valence-electron chi connectivity index (χ0n) is 49.2. The summed E-state index contributed by atoms with van der Waals surface area (Å²) in [6.45, 7) is 11.0. The molecule has 2 saturated carbocycles. The lowest BCUT2D eigenvalue weighted by Gasteiger charge is -2.38. The van der Waals surface area contributed by atoms with Crippen LogP contribution in [0, 0.1) is 30.1 Å². The first-order valence-electron chi connectivity index (χ1n) is 30.0. The van der Waals surface area contributed by atoms with E-state index in [0.717, 1.165) is 53.8 Å². The fourth-order valence-electron chi connectivity index (χ4n) is 14.3. The Morgan fingerprint density at radius 1 is 0.954 bits per heavy atom. The second-order valence-corrected chi connectivity index (χ2v) is 28.2. The third-order valence-corrected chi connectivity index (χ3v) is 21.2. The number of ether oxygens (including phenoxy) is 2. The first-order chi connectivity index (χ1) is 41.4. The fourth-order valence-corrected chi connectivity index (χ4v) is 16.3. The molecule has 2 unspecified atom stereocenters. The molecule has 87 heavy (non-hydrogen) atoms. The maximum Gasteiger partial charge on any atom is 0.417 e. The molecule has 2 bridgehead atoms. The van der Waals surface area contributed by atoms with Crippen molar-refractivity contribution in [3.05, 3.63) is 76.7 Å². The summed E-state index contributed by atoms with van der Waals surface area (Å²) in [5, 5.41) is 28.7. The zero-order valence-corrected chi connectivity index (χ0v) is 50.8. The van der Waals surface area contributed by atoms with Gasteiger partial charge in [-0.15, -0.1) is 22.7 Å². The van der Waals surface area contributed by atoms with Gasteiger partial charge in [0.25, 0.3) is 5.92 Å². The number of rotatable bonds is 16. The number of aromatic amines is 1. The van der Waals surface area contributed by atoms with Gasteiger partial charge in [0, 0.05) is 86.7 Å². The number of hydrogen-bond acceptors (Lipinski definition) is 16. The number of fused-ring (bicyclic) bond motifs is 6. The quantitative estimate of drug-likeness (QED) is 0.0570. The lowest BCUT2D eigenvalue weighted by atomic mass is 9.72. The number of benzene rings is 2. The number of H-pyrrole nitrogens is 1. The van der Waals surface area contributed by atoms with Crippen molar-refractivity contribution in [3.8, 4) is 27.7 Å². The number of hydrogen-bond donors (Lipinski definition) is 5. The van der Waals surface area contributed by atoms with Gasteiger partial charge in [0.15, 0.2) is 0 Å². The minimum Gasteiger partial charge on any atom is -0.462 e. The molecule has 5 N–H and O–H groups in total. The van der Waals surface area contributed by atoms with Gasteiger partial charge in [-0.3, -0.25) is 24.5 Å². The summed E-state index contributed by atoms with van der Waals surface area (Å²) in [5.41, 5.74) is 1.99. The Morgan fingerprint density at radius 3 is 2.39 bits per heavy atom. The average Bonchev–Trinajstić information content (AvgIpc) is 1.66. The molecule has 13 rings (SSSR count). The number of nitrogens with zero attached hydrogens (tertiary/aromatic N) is 8. The second kappa shape index (κ2) is 22.5. The van der Waals surface area contributed by atoms with E-state index in [4.69, 9.17) is 19.4 Å². The molecule has 5 aromatic heterocycles. The summed E-state index contributed by atoms with van der Waals surface area (Å²) in [5.74, 6) is -3.80. The third-order valence-electron chi connectivity index (χ3n) is 19.1. The van der Waals surface area contributed by atoms with Crippen LogP contribution >= 0.6 is 22.7 Å². The molecule has 9 heterocycles. The van der Waals surface area contributed by atoms with E-state index in [1.165, 1.54) is 41.6 Å². The largest absolute Gasteiger partial charge is 0.462 e.